The van der Waals surface area contributed by atoms with E-state index in [0.29, 0.717) is 18.0 Å². The fraction of sp³-hybridized carbons (Fsp3) is 0.500. The van der Waals surface area contributed by atoms with Gasteiger partial charge in [0, 0.05) is 12.2 Å². The molecule has 0 spiro atoms. The standard InChI is InChI=1S/C16H19FN2O2S/c1-2-22-10-14(20)19-7-6-11-9-16(11,19)15(21)18-13-5-3-4-12(17)8-13/h3-5,8,11H,2,6-7,9-10H2,1H3,(H,18,21). The number of nitrogens with one attached hydrogen (secondary N) is 1. The number of fused-ring (bicyclic) bond motifs is 1. The Hall–Kier alpha value is -1.56. The summed E-state index contributed by atoms with van der Waals surface area (Å²) in [6, 6.07) is 5.84. The smallest absolute Gasteiger partial charge is 0.250 e. The van der Waals surface area contributed by atoms with Crippen molar-refractivity contribution in [2.75, 3.05) is 23.4 Å². The van der Waals surface area contributed by atoms with Gasteiger partial charge in [0.1, 0.15) is 11.4 Å². The van der Waals surface area contributed by atoms with Crippen LogP contribution in [0.2, 0.25) is 0 Å². The van der Waals surface area contributed by atoms with Crippen LogP contribution in [0.15, 0.2) is 24.3 Å². The Kier molecular flexibility index (Phi) is 4.12. The molecule has 2 unspecified atom stereocenters. The summed E-state index contributed by atoms with van der Waals surface area (Å²) in [6.45, 7) is 2.65. The Bertz CT molecular complexity index is 610. The lowest BCUT2D eigenvalue weighted by molar-refractivity contribution is -0.136. The van der Waals surface area contributed by atoms with E-state index in [0.717, 1.165) is 18.6 Å². The molecule has 2 aliphatic rings. The molecule has 1 aliphatic heterocycles. The summed E-state index contributed by atoms with van der Waals surface area (Å²) in [6.07, 6.45) is 1.59. The zero-order valence-electron chi connectivity index (χ0n) is 12.5. The Morgan fingerprint density at radius 3 is 3.00 bits per heavy atom. The van der Waals surface area contributed by atoms with Crippen LogP contribution >= 0.6 is 11.8 Å². The van der Waals surface area contributed by atoms with Crippen LogP contribution in [0.5, 0.6) is 0 Å². The van der Waals surface area contributed by atoms with Gasteiger partial charge in [-0.05, 0) is 42.7 Å². The van der Waals surface area contributed by atoms with E-state index in [2.05, 4.69) is 5.32 Å². The van der Waals surface area contributed by atoms with Crippen molar-refractivity contribution < 1.29 is 14.0 Å². The number of nitrogens with zero attached hydrogens (tertiary/aromatic N) is 1. The number of rotatable bonds is 5. The van der Waals surface area contributed by atoms with Gasteiger partial charge in [-0.2, -0.15) is 11.8 Å². The molecule has 22 heavy (non-hydrogen) atoms. The average molecular weight is 322 g/mol. The molecule has 1 N–H and O–H groups in total. The number of carbonyl (C=O) groups is 2. The monoisotopic (exact) mass is 322 g/mol. The van der Waals surface area contributed by atoms with E-state index in [1.165, 1.54) is 12.1 Å². The molecule has 0 radical (unpaired) electrons. The summed E-state index contributed by atoms with van der Waals surface area (Å²) in [7, 11) is 0. The van der Waals surface area contributed by atoms with Gasteiger partial charge in [-0.15, -0.1) is 0 Å². The van der Waals surface area contributed by atoms with Crippen molar-refractivity contribution in [2.24, 2.45) is 5.92 Å². The largest absolute Gasteiger partial charge is 0.327 e. The van der Waals surface area contributed by atoms with Crippen LogP contribution in [0, 0.1) is 11.7 Å². The Morgan fingerprint density at radius 2 is 2.32 bits per heavy atom. The quantitative estimate of drug-likeness (QED) is 0.906. The topological polar surface area (TPSA) is 49.4 Å². The number of thioether (sulfide) groups is 1. The van der Waals surface area contributed by atoms with E-state index in [9.17, 15) is 14.0 Å². The predicted molar refractivity (Wildman–Crippen MR) is 85.2 cm³/mol. The van der Waals surface area contributed by atoms with E-state index in [-0.39, 0.29) is 23.5 Å². The highest BCUT2D eigenvalue weighted by molar-refractivity contribution is 7.99. The average Bonchev–Trinajstić information content (AvgIpc) is 3.11. The zero-order chi connectivity index (χ0) is 15.7. The van der Waals surface area contributed by atoms with Crippen molar-refractivity contribution in [3.05, 3.63) is 30.1 Å². The number of anilines is 1. The number of carbonyl (C=O) groups excluding carboxylic acids is 2. The van der Waals surface area contributed by atoms with Gasteiger partial charge in [0.2, 0.25) is 5.91 Å². The van der Waals surface area contributed by atoms with Crippen molar-refractivity contribution >= 4 is 29.3 Å². The van der Waals surface area contributed by atoms with Gasteiger partial charge in [-0.25, -0.2) is 4.39 Å². The summed E-state index contributed by atoms with van der Waals surface area (Å²) in [5.41, 5.74) is -0.259. The summed E-state index contributed by atoms with van der Waals surface area (Å²) in [5.74, 6) is 0.999. The van der Waals surface area contributed by atoms with Crippen molar-refractivity contribution in [1.29, 1.82) is 0 Å². The van der Waals surface area contributed by atoms with Crippen molar-refractivity contribution in [1.82, 2.24) is 4.90 Å². The highest BCUT2D eigenvalue weighted by Crippen LogP contribution is 2.56. The Labute approximate surface area is 133 Å². The first-order valence-corrected chi connectivity index (χ1v) is 8.68. The number of piperidine rings is 1. The maximum atomic E-state index is 13.2. The molecule has 1 aromatic carbocycles. The van der Waals surface area contributed by atoms with Crippen LogP contribution in [0.25, 0.3) is 0 Å². The molecule has 4 nitrogen and oxygen atoms in total. The van der Waals surface area contributed by atoms with Crippen LogP contribution in [0.3, 0.4) is 0 Å². The van der Waals surface area contributed by atoms with Gasteiger partial charge in [-0.3, -0.25) is 9.59 Å². The third-order valence-corrected chi connectivity index (χ3v) is 5.32. The number of likely N-dealkylation sites (tertiary alicyclic amines) is 1. The molecule has 0 bridgehead atoms. The molecular formula is C16H19FN2O2S. The first-order chi connectivity index (χ1) is 10.6. The minimum absolute atomic E-state index is 0.0289. The van der Waals surface area contributed by atoms with E-state index in [4.69, 9.17) is 0 Å². The van der Waals surface area contributed by atoms with Gasteiger partial charge < -0.3 is 10.2 Å². The van der Waals surface area contributed by atoms with Crippen molar-refractivity contribution in [2.45, 2.75) is 25.3 Å². The molecule has 118 valence electrons. The fourth-order valence-corrected chi connectivity index (χ4v) is 3.83. The molecule has 6 heteroatoms. The van der Waals surface area contributed by atoms with Crippen molar-refractivity contribution in [3.63, 3.8) is 0 Å². The lowest BCUT2D eigenvalue weighted by atomic mass is 10.2. The first kappa shape index (κ1) is 15.3. The fourth-order valence-electron chi connectivity index (χ4n) is 3.29. The lowest BCUT2D eigenvalue weighted by Gasteiger charge is -2.27. The second kappa shape index (κ2) is 5.91. The SMILES string of the molecule is CCSCC(=O)N1CCC2CC21C(=O)Nc1cccc(F)c1. The first-order valence-electron chi connectivity index (χ1n) is 7.53. The minimum atomic E-state index is -0.697. The van der Waals surface area contributed by atoms with Gasteiger partial charge >= 0.3 is 0 Å². The third-order valence-electron chi connectivity index (χ3n) is 4.46. The van der Waals surface area contributed by atoms with Crippen LogP contribution in [-0.2, 0) is 9.59 Å². The lowest BCUT2D eigenvalue weighted by Crippen LogP contribution is -2.48. The molecule has 2 amide bonds. The third kappa shape index (κ3) is 2.60. The van der Waals surface area contributed by atoms with Gasteiger partial charge in [-0.1, -0.05) is 13.0 Å². The van der Waals surface area contributed by atoms with Crippen molar-refractivity contribution in [3.8, 4) is 0 Å². The van der Waals surface area contributed by atoms with Crippen LogP contribution in [0.4, 0.5) is 10.1 Å². The molecule has 1 saturated heterocycles. The maximum absolute atomic E-state index is 13.2. The highest BCUT2D eigenvalue weighted by Gasteiger charge is 2.68. The Morgan fingerprint density at radius 1 is 1.50 bits per heavy atom. The summed E-state index contributed by atoms with van der Waals surface area (Å²) in [5, 5.41) is 2.77. The molecule has 1 saturated carbocycles. The van der Waals surface area contributed by atoms with Gasteiger partial charge in [0.15, 0.2) is 0 Å². The van der Waals surface area contributed by atoms with Crippen LogP contribution in [0.1, 0.15) is 19.8 Å². The number of amides is 2. The molecule has 0 aromatic heterocycles. The molecular weight excluding hydrogens is 303 g/mol. The molecule has 2 atom stereocenters. The summed E-state index contributed by atoms with van der Waals surface area (Å²) in [4.78, 5) is 26.7. The highest BCUT2D eigenvalue weighted by atomic mass is 32.2. The number of hydrogen-bond acceptors (Lipinski definition) is 3. The van der Waals surface area contributed by atoms with E-state index < -0.39 is 5.54 Å². The molecule has 2 fully saturated rings. The summed E-state index contributed by atoms with van der Waals surface area (Å²) >= 11 is 1.57. The normalized spacial score (nSPS) is 25.7. The number of halogens is 1. The van der Waals surface area contributed by atoms with Gasteiger partial charge in [0.25, 0.3) is 5.91 Å². The minimum Gasteiger partial charge on any atom is -0.327 e. The molecule has 1 aliphatic carbocycles. The second-order valence-electron chi connectivity index (χ2n) is 5.76. The van der Waals surface area contributed by atoms with E-state index in [1.54, 1.807) is 28.8 Å². The Balaban J connectivity index is 1.72. The molecule has 3 rings (SSSR count). The molecule has 1 heterocycles. The zero-order valence-corrected chi connectivity index (χ0v) is 13.3. The van der Waals surface area contributed by atoms with E-state index >= 15 is 0 Å². The number of benzene rings is 1. The van der Waals surface area contributed by atoms with E-state index in [1.807, 2.05) is 6.92 Å². The maximum Gasteiger partial charge on any atom is 0.250 e. The van der Waals surface area contributed by atoms with Gasteiger partial charge in [0.05, 0.1) is 5.75 Å². The van der Waals surface area contributed by atoms with Crippen LogP contribution < -0.4 is 5.32 Å². The molecule has 1 aromatic rings. The summed E-state index contributed by atoms with van der Waals surface area (Å²) < 4.78 is 13.2. The predicted octanol–water partition coefficient (Wildman–Crippen LogP) is 2.51. The van der Waals surface area contributed by atoms with Crippen LogP contribution in [-0.4, -0.2) is 40.3 Å². The second-order valence-corrected chi connectivity index (χ2v) is 7.04. The number of hydrogen-bond donors (Lipinski definition) is 1.